The molecule has 0 unspecified atom stereocenters. The van der Waals surface area contributed by atoms with Gasteiger partial charge in [-0.1, -0.05) is 51.2 Å². The molecule has 8 heteroatoms. The molecule has 6 nitrogen and oxygen atoms in total. The number of sulfonamides is 1. The third kappa shape index (κ3) is 7.78. The lowest BCUT2D eigenvalue weighted by atomic mass is 10.1. The minimum absolute atomic E-state index is 0.0427. The molecule has 150 valence electrons. The Kier molecular flexibility index (Phi) is 10.5. The lowest BCUT2D eigenvalue weighted by Crippen LogP contribution is -2.22. The predicted octanol–water partition coefficient (Wildman–Crippen LogP) is 4.68. The van der Waals surface area contributed by atoms with Crippen LogP contribution < -0.4 is 10.0 Å². The van der Waals surface area contributed by atoms with Crippen molar-refractivity contribution in [3.63, 3.8) is 0 Å². The number of unbranched alkanes of at least 4 members (excludes halogenated alkanes) is 5. The van der Waals surface area contributed by atoms with Gasteiger partial charge in [0.2, 0.25) is 10.0 Å². The minimum atomic E-state index is -3.57. The average Bonchev–Trinajstić information content (AvgIpc) is 2.58. The molecule has 0 heterocycles. The van der Waals surface area contributed by atoms with Gasteiger partial charge in [-0.25, -0.2) is 8.42 Å². The molecule has 0 bridgehead atoms. The Labute approximate surface area is 158 Å². The molecule has 0 aliphatic heterocycles. The number of rotatable bonds is 14. The van der Waals surface area contributed by atoms with Gasteiger partial charge in [0, 0.05) is 0 Å². The Bertz CT molecular complexity index is 668. The number of para-hydroxylation sites is 1. The van der Waals surface area contributed by atoms with E-state index in [1.807, 2.05) is 0 Å². The molecule has 1 rings (SSSR count). The van der Waals surface area contributed by atoms with Crippen LogP contribution in [0.15, 0.2) is 24.3 Å². The van der Waals surface area contributed by atoms with E-state index < -0.39 is 17.6 Å². The fourth-order valence-electron chi connectivity index (χ4n) is 2.61. The number of hydrogen-bond donors (Lipinski definition) is 1. The Hall–Kier alpha value is -0.880. The van der Waals surface area contributed by atoms with Crippen molar-refractivity contribution in [1.29, 1.82) is 0 Å². The summed E-state index contributed by atoms with van der Waals surface area (Å²) in [6.07, 6.45) is 6.02. The van der Waals surface area contributed by atoms with Gasteiger partial charge in [-0.3, -0.25) is 9.29 Å². The van der Waals surface area contributed by atoms with E-state index in [0.29, 0.717) is 6.42 Å². The van der Waals surface area contributed by atoms with Gasteiger partial charge in [0.1, 0.15) is 0 Å². The molecule has 1 aromatic rings. The van der Waals surface area contributed by atoms with E-state index in [1.54, 1.807) is 38.1 Å². The molecule has 0 aliphatic carbocycles. The van der Waals surface area contributed by atoms with E-state index in [9.17, 15) is 13.0 Å². The van der Waals surface area contributed by atoms with E-state index in [4.69, 9.17) is 9.05 Å². The normalized spacial score (nSPS) is 12.3. The van der Waals surface area contributed by atoms with Gasteiger partial charge < -0.3 is 9.05 Å². The zero-order chi connectivity index (χ0) is 19.5. The van der Waals surface area contributed by atoms with Gasteiger partial charge in [0.25, 0.3) is 0 Å². The summed E-state index contributed by atoms with van der Waals surface area (Å²) in [6.45, 7) is 6.00. The summed E-state index contributed by atoms with van der Waals surface area (Å²) in [7, 11) is -7.09. The summed E-state index contributed by atoms with van der Waals surface area (Å²) >= 11 is 0. The zero-order valence-corrected chi connectivity index (χ0v) is 17.8. The average molecular weight is 405 g/mol. The number of anilines is 1. The third-order valence-corrected chi connectivity index (χ3v) is 7.36. The Morgan fingerprint density at radius 1 is 0.923 bits per heavy atom. The Balaban J connectivity index is 2.81. The molecule has 0 aliphatic rings. The second kappa shape index (κ2) is 11.8. The minimum Gasteiger partial charge on any atom is -0.305 e. The molecule has 26 heavy (non-hydrogen) atoms. The van der Waals surface area contributed by atoms with Crippen LogP contribution >= 0.6 is 7.60 Å². The number of benzene rings is 1. The molecule has 0 saturated carbocycles. The third-order valence-electron chi connectivity index (χ3n) is 3.83. The van der Waals surface area contributed by atoms with Gasteiger partial charge in [0.15, 0.2) is 0 Å². The largest absolute Gasteiger partial charge is 0.363 e. The van der Waals surface area contributed by atoms with Crippen LogP contribution in [0, 0.1) is 0 Å². The summed E-state index contributed by atoms with van der Waals surface area (Å²) in [6, 6.07) is 6.54. The summed E-state index contributed by atoms with van der Waals surface area (Å²) in [5.41, 5.74) is 0.253. The van der Waals surface area contributed by atoms with Gasteiger partial charge in [-0.05, 0) is 32.4 Å². The molecule has 1 N–H and O–H groups in total. The molecule has 1 aromatic carbocycles. The first-order valence-electron chi connectivity index (χ1n) is 9.37. The lowest BCUT2D eigenvalue weighted by molar-refractivity contribution is 0.230. The molecule has 0 amide bonds. The highest BCUT2D eigenvalue weighted by Gasteiger charge is 2.30. The van der Waals surface area contributed by atoms with Crippen molar-refractivity contribution in [3.8, 4) is 0 Å². The Morgan fingerprint density at radius 3 is 2.12 bits per heavy atom. The van der Waals surface area contributed by atoms with E-state index in [-0.39, 0.29) is 30.0 Å². The van der Waals surface area contributed by atoms with Crippen LogP contribution in [0.4, 0.5) is 5.69 Å². The molecule has 0 radical (unpaired) electrons. The lowest BCUT2D eigenvalue weighted by Gasteiger charge is -2.20. The maximum atomic E-state index is 13.0. The summed E-state index contributed by atoms with van der Waals surface area (Å²) in [4.78, 5) is 0. The van der Waals surface area contributed by atoms with Crippen molar-refractivity contribution in [2.45, 2.75) is 59.3 Å². The smallest absolute Gasteiger partial charge is 0.305 e. The molecule has 0 fully saturated rings. The van der Waals surface area contributed by atoms with E-state index in [2.05, 4.69) is 11.6 Å². The van der Waals surface area contributed by atoms with Crippen LogP contribution in [0.3, 0.4) is 0 Å². The quantitative estimate of drug-likeness (QED) is 0.359. The first-order valence-corrected chi connectivity index (χ1v) is 12.6. The maximum absolute atomic E-state index is 13.0. The molecule has 0 spiro atoms. The van der Waals surface area contributed by atoms with Crippen LogP contribution in [0.25, 0.3) is 0 Å². The van der Waals surface area contributed by atoms with Crippen LogP contribution in [-0.2, 0) is 23.6 Å². The molecule has 0 saturated heterocycles. The van der Waals surface area contributed by atoms with E-state index in [0.717, 1.165) is 25.7 Å². The second-order valence-corrected chi connectivity index (χ2v) is 9.87. The second-order valence-electron chi connectivity index (χ2n) is 6.04. The number of hydrogen-bond acceptors (Lipinski definition) is 5. The van der Waals surface area contributed by atoms with Crippen molar-refractivity contribution in [2.75, 3.05) is 23.7 Å². The standard InChI is InChI=1S/C18H32NO5PS/c1-4-7-8-9-10-13-16-26(21,22)19-17-14-11-12-15-18(17)25(20,23-5-2)24-6-3/h11-12,14-15,19H,4-10,13,16H2,1-3H3. The molecular weight excluding hydrogens is 373 g/mol. The SMILES string of the molecule is CCCCCCCCS(=O)(=O)Nc1ccccc1P(=O)(OCC)OCC. The molecular formula is C18H32NO5PS. The maximum Gasteiger partial charge on any atom is 0.363 e. The summed E-state index contributed by atoms with van der Waals surface area (Å²) in [5.74, 6) is 0.0427. The molecule has 0 atom stereocenters. The van der Waals surface area contributed by atoms with Crippen LogP contribution in [0.5, 0.6) is 0 Å². The van der Waals surface area contributed by atoms with Crippen LogP contribution in [0.2, 0.25) is 0 Å². The van der Waals surface area contributed by atoms with Gasteiger partial charge in [-0.2, -0.15) is 0 Å². The fraction of sp³-hybridized carbons (Fsp3) is 0.667. The highest BCUT2D eigenvalue weighted by atomic mass is 32.2. The van der Waals surface area contributed by atoms with Crippen LogP contribution in [0.1, 0.15) is 59.3 Å². The first-order chi connectivity index (χ1) is 12.4. The first kappa shape index (κ1) is 23.2. The highest BCUT2D eigenvalue weighted by Crippen LogP contribution is 2.48. The number of nitrogens with one attached hydrogen (secondary N) is 1. The molecule has 0 aromatic heterocycles. The topological polar surface area (TPSA) is 81.7 Å². The van der Waals surface area contributed by atoms with Gasteiger partial charge in [-0.15, -0.1) is 0 Å². The van der Waals surface area contributed by atoms with Crippen molar-refractivity contribution < 1.29 is 22.0 Å². The van der Waals surface area contributed by atoms with Gasteiger partial charge >= 0.3 is 7.60 Å². The van der Waals surface area contributed by atoms with Crippen molar-refractivity contribution in [2.24, 2.45) is 0 Å². The predicted molar refractivity (Wildman–Crippen MR) is 108 cm³/mol. The highest BCUT2D eigenvalue weighted by molar-refractivity contribution is 7.92. The monoisotopic (exact) mass is 405 g/mol. The Morgan fingerprint density at radius 2 is 1.50 bits per heavy atom. The van der Waals surface area contributed by atoms with Gasteiger partial charge in [0.05, 0.1) is 30.0 Å². The van der Waals surface area contributed by atoms with Crippen molar-refractivity contribution in [1.82, 2.24) is 0 Å². The summed E-state index contributed by atoms with van der Waals surface area (Å²) in [5, 5.41) is 0.246. The van der Waals surface area contributed by atoms with Crippen molar-refractivity contribution in [3.05, 3.63) is 24.3 Å². The van der Waals surface area contributed by atoms with E-state index in [1.165, 1.54) is 6.42 Å². The van der Waals surface area contributed by atoms with E-state index >= 15 is 0 Å². The van der Waals surface area contributed by atoms with Crippen molar-refractivity contribution >= 4 is 28.6 Å². The fourth-order valence-corrected chi connectivity index (χ4v) is 5.61. The van der Waals surface area contributed by atoms with Crippen LogP contribution in [-0.4, -0.2) is 27.4 Å². The zero-order valence-electron chi connectivity index (χ0n) is 16.1. The summed E-state index contributed by atoms with van der Waals surface area (Å²) < 4.78 is 51.0.